The molecule has 4 N–H and O–H groups in total. The minimum Gasteiger partial charge on any atom is -0.744 e. The van der Waals surface area contributed by atoms with Gasteiger partial charge in [0.2, 0.25) is 10.4 Å². The first-order valence-corrected chi connectivity index (χ1v) is 24.6. The average Bonchev–Trinajstić information content (AvgIpc) is 3.24. The molecule has 348 valence electrons. The van der Waals surface area contributed by atoms with Crippen molar-refractivity contribution >= 4 is 115 Å². The molecule has 0 aromatic heterocycles. The van der Waals surface area contributed by atoms with Gasteiger partial charge < -0.3 is 35.8 Å². The van der Waals surface area contributed by atoms with Crippen molar-refractivity contribution in [3.05, 3.63) is 90.5 Å². The first-order valence-electron chi connectivity index (χ1n) is 17.1. The molecular weight excluding hydrogens is 1080 g/mol. The Morgan fingerprint density at radius 2 is 1.26 bits per heavy atom. The van der Waals surface area contributed by atoms with E-state index in [1.165, 1.54) is 48.5 Å². The predicted molar refractivity (Wildman–Crippen MR) is 217 cm³/mol. The molecule has 5 aromatic carbocycles. The molecule has 69 heavy (non-hydrogen) atoms. The number of carbonyl (C=O) groups excluding carboxylic acids is 1. The van der Waals surface area contributed by atoms with Crippen molar-refractivity contribution in [1.82, 2.24) is 0 Å². The van der Waals surface area contributed by atoms with E-state index >= 15 is 0 Å². The fourth-order valence-electron chi connectivity index (χ4n) is 5.29. The molecule has 0 fully saturated rings. The van der Waals surface area contributed by atoms with Gasteiger partial charge in [0.1, 0.15) is 21.5 Å². The summed E-state index contributed by atoms with van der Waals surface area (Å²) in [5, 5.41) is 56.1. The molecule has 5 rings (SSSR count). The molecule has 0 atom stereocenters. The van der Waals surface area contributed by atoms with Gasteiger partial charge in [-0.2, -0.15) is 14.6 Å². The van der Waals surface area contributed by atoms with Gasteiger partial charge >= 0.3 is 118 Å². The summed E-state index contributed by atoms with van der Waals surface area (Å²) in [6.07, 6.45) is 0. The van der Waals surface area contributed by atoms with Crippen LogP contribution in [0.15, 0.2) is 125 Å². The van der Waals surface area contributed by atoms with Crippen molar-refractivity contribution in [2.24, 2.45) is 20.5 Å². The number of rotatable bonds is 22. The number of carbonyl (C=O) groups is 1. The van der Waals surface area contributed by atoms with E-state index in [1.54, 1.807) is 0 Å². The quantitative estimate of drug-likeness (QED) is 0.00667. The Hall–Kier alpha value is -1.27. The molecule has 0 spiro atoms. The van der Waals surface area contributed by atoms with Gasteiger partial charge in [-0.15, -0.1) is 14.6 Å². The van der Waals surface area contributed by atoms with Crippen LogP contribution < -0.4 is 140 Å². The number of benzene rings is 5. The van der Waals surface area contributed by atoms with E-state index in [-0.39, 0.29) is 197 Å². The predicted octanol–water partition coefficient (Wildman–Crippen LogP) is -8.81. The third-order valence-corrected chi connectivity index (χ3v) is 13.8. The van der Waals surface area contributed by atoms with Crippen LogP contribution in [-0.2, 0) is 67.3 Å². The fourth-order valence-corrected chi connectivity index (χ4v) is 9.37. The average molecular weight is 1110 g/mol. The monoisotopic (exact) mass is 1110 g/mol. The van der Waals surface area contributed by atoms with E-state index in [4.69, 9.17) is 9.92 Å². The molecule has 0 saturated carbocycles. The molecule has 0 saturated heterocycles. The number of nitrogens with zero attached hydrogens (tertiary/aromatic N) is 4. The Kier molecular flexibility index (Phi) is 28.2. The number of phenols is 1. The molecular formula is C33H26N6Na4O20S6. The van der Waals surface area contributed by atoms with Crippen LogP contribution >= 0.6 is 24.4 Å². The second kappa shape index (κ2) is 29.6. The smallest absolute Gasteiger partial charge is 0.744 e. The number of hydrogen-bond acceptors (Lipinski definition) is 27. The van der Waals surface area contributed by atoms with Crippen LogP contribution in [0.5, 0.6) is 5.75 Å². The van der Waals surface area contributed by atoms with Crippen LogP contribution in [0.3, 0.4) is 0 Å². The number of nitrogens with two attached hydrogens (primary N) is 1. The van der Waals surface area contributed by atoms with Gasteiger partial charge in [-0.1, -0.05) is 6.07 Å². The maximum atomic E-state index is 13.0. The number of fused-ring (bicyclic) bond motifs is 1. The zero-order valence-electron chi connectivity index (χ0n) is 35.9. The number of anilines is 2. The first kappa shape index (κ1) is 65.7. The number of hydrogen-bond donors (Lipinski definition) is 3. The summed E-state index contributed by atoms with van der Waals surface area (Å²) in [5.74, 6) is -2.84. The molecule has 1 amide bonds. The summed E-state index contributed by atoms with van der Waals surface area (Å²) in [5.41, 5.74) is 4.63. The molecule has 0 aliphatic rings. The Morgan fingerprint density at radius 3 is 1.84 bits per heavy atom. The third-order valence-electron chi connectivity index (χ3n) is 8.16. The summed E-state index contributed by atoms with van der Waals surface area (Å²) < 4.78 is 136. The van der Waals surface area contributed by atoms with E-state index < -0.39 is 91.9 Å². The SMILES string of the molecule is Nc1c(N=Nc2ccc(S(=O)(=O)CCOS(=O)(=O)[O-])cc2)c(S(=O)(=O)[O-])cc2cc(SOO[O-])c(N=Nc3ccc(C(=O)Nc4cccc(S(=O)(=O)CCOSOO[O-])c4)cc3)c(O)c12.[Na+].[Na+].[Na+].[Na+]. The summed E-state index contributed by atoms with van der Waals surface area (Å²) in [6, 6.07) is 16.8. The Bertz CT molecular complexity index is 3090. The van der Waals surface area contributed by atoms with Crippen molar-refractivity contribution in [1.29, 1.82) is 0 Å². The van der Waals surface area contributed by atoms with Crippen LogP contribution in [0.25, 0.3) is 10.8 Å². The third kappa shape index (κ3) is 19.2. The minimum absolute atomic E-state index is 0. The number of amides is 1. The van der Waals surface area contributed by atoms with Gasteiger partial charge in [0, 0.05) is 11.3 Å². The van der Waals surface area contributed by atoms with E-state index in [2.05, 4.69) is 48.7 Å². The Balaban J connectivity index is 0.00000595. The van der Waals surface area contributed by atoms with Gasteiger partial charge in [-0.25, -0.2) is 33.7 Å². The number of sulfone groups is 2. The van der Waals surface area contributed by atoms with Crippen LogP contribution in [0.4, 0.5) is 34.1 Å². The zero-order valence-corrected chi connectivity index (χ0v) is 48.8. The van der Waals surface area contributed by atoms with Gasteiger partial charge in [0.25, 0.3) is 5.91 Å². The van der Waals surface area contributed by atoms with Crippen molar-refractivity contribution < 1.29 is 209 Å². The van der Waals surface area contributed by atoms with Gasteiger partial charge in [0.05, 0.1) is 78.8 Å². The molecule has 0 aliphatic carbocycles. The first-order chi connectivity index (χ1) is 30.6. The summed E-state index contributed by atoms with van der Waals surface area (Å²) in [7, 11) is -18.6. The zero-order chi connectivity index (χ0) is 47.6. The van der Waals surface area contributed by atoms with Gasteiger partial charge in [-0.05, 0) is 84.2 Å². The molecule has 0 radical (unpaired) electrons. The minimum atomic E-state index is -5.39. The van der Waals surface area contributed by atoms with E-state index in [0.29, 0.717) is 0 Å². The largest absolute Gasteiger partial charge is 1.00 e. The molecule has 36 heteroatoms. The topological polar surface area (TPSA) is 409 Å². The molecule has 5 aromatic rings. The molecule has 26 nitrogen and oxygen atoms in total. The van der Waals surface area contributed by atoms with Crippen molar-refractivity contribution in [2.45, 2.75) is 19.6 Å². The van der Waals surface area contributed by atoms with Crippen LogP contribution in [0, 0.1) is 0 Å². The van der Waals surface area contributed by atoms with E-state index in [1.807, 2.05) is 0 Å². The number of phenolic OH excluding ortho intramolecular Hbond substituents is 1. The van der Waals surface area contributed by atoms with Gasteiger partial charge in [0.15, 0.2) is 37.7 Å². The molecule has 0 unspecified atom stereocenters. The number of nitrogen functional groups attached to an aromatic ring is 1. The summed E-state index contributed by atoms with van der Waals surface area (Å²) in [4.78, 5) is 11.3. The van der Waals surface area contributed by atoms with E-state index in [9.17, 15) is 63.2 Å². The number of azo groups is 2. The second-order valence-corrected chi connectivity index (χ2v) is 20.2. The maximum absolute atomic E-state index is 13.0. The summed E-state index contributed by atoms with van der Waals surface area (Å²) >= 11 is 0.345. The van der Waals surface area contributed by atoms with E-state index in [0.717, 1.165) is 36.4 Å². The number of nitrogens with one attached hydrogen (secondary N) is 1. The van der Waals surface area contributed by atoms with Crippen LogP contribution in [0.1, 0.15) is 10.4 Å². The fraction of sp³-hybridized carbons (Fsp3) is 0.121. The van der Waals surface area contributed by atoms with Gasteiger partial charge in [-0.3, -0.25) is 23.2 Å². The molecule has 0 bridgehead atoms. The Morgan fingerprint density at radius 1 is 0.696 bits per heavy atom. The standard InChI is InChI=1S/C33H30N6O20S6.4Na/c34-29-28-20(17-27(64(48,49)50)31(29)39-37-22-8-10-24(11-9-22)62(44,45)15-13-55-65(51,52)53)16-26(60-58-56-42)30(32(28)40)38-36-21-6-4-19(5-7-21)33(41)35-23-2-1-3-25(18-23)63(46,47)14-12-54-61-59-57-43;;;;/h1-11,16-18,40,42-43H,12-15,34H2,(H,35,41)(H,48,49,50)(H,51,52,53);;;;/q;4*+1/p-4. The normalized spacial score (nSPS) is 11.9. The second-order valence-electron chi connectivity index (χ2n) is 12.3. The molecule has 0 aliphatic heterocycles. The number of aromatic hydroxyl groups is 1. The van der Waals surface area contributed by atoms with Crippen molar-refractivity contribution in [3.8, 4) is 5.75 Å². The Labute approximate surface area is 489 Å². The van der Waals surface area contributed by atoms with Crippen molar-refractivity contribution in [3.63, 3.8) is 0 Å². The summed E-state index contributed by atoms with van der Waals surface area (Å²) in [6.45, 7) is -1.31. The van der Waals surface area contributed by atoms with Crippen molar-refractivity contribution in [2.75, 3.05) is 35.8 Å². The van der Waals surface area contributed by atoms with Crippen LogP contribution in [0.2, 0.25) is 0 Å². The maximum Gasteiger partial charge on any atom is 1.00 e. The molecule has 0 heterocycles. The van der Waals surface area contributed by atoms with Crippen LogP contribution in [-0.4, -0.2) is 78.5 Å².